The van der Waals surface area contributed by atoms with Gasteiger partial charge in [-0.25, -0.2) is 13.2 Å². The number of nitrogens with one attached hydrogen (secondary N) is 4. The number of carbonyl (C=O) groups is 5. The number of rotatable bonds is 14. The molecule has 260 valence electrons. The number of amides is 5. The summed E-state index contributed by atoms with van der Waals surface area (Å²) in [6.45, 7) is 4.31. The minimum absolute atomic E-state index is 0.0177. The standard InChI is InChI=1S/C33H55N5O7S/c1-4-5-13-24(26(39)29(41)34-23-15-16-23)35-28(40)25-14-12-21-38(25)30(42)27(32(2)17-8-6-9-18-32)36-31(43)37-33(22-46(3,44)45)19-10-7-11-20-33/h23-25,27H,4-22H2,1-3H3,(H,34,41)(H,35,40)(H2,36,37,43)/t24-,25-,27+/m0/s1. The second-order valence-electron chi connectivity index (χ2n) is 14.7. The van der Waals surface area contributed by atoms with E-state index in [0.29, 0.717) is 45.1 Å². The van der Waals surface area contributed by atoms with Crippen LogP contribution in [0.1, 0.15) is 123 Å². The maximum atomic E-state index is 14.4. The van der Waals surface area contributed by atoms with Gasteiger partial charge in [0.05, 0.1) is 17.3 Å². The summed E-state index contributed by atoms with van der Waals surface area (Å²) >= 11 is 0. The first-order valence-electron chi connectivity index (χ1n) is 17.5. The second-order valence-corrected chi connectivity index (χ2v) is 16.8. The van der Waals surface area contributed by atoms with E-state index in [1.54, 1.807) is 0 Å². The molecule has 12 nitrogen and oxygen atoms in total. The quantitative estimate of drug-likeness (QED) is 0.207. The van der Waals surface area contributed by atoms with Crippen LogP contribution < -0.4 is 21.3 Å². The smallest absolute Gasteiger partial charge is 0.315 e. The Kier molecular flexibility index (Phi) is 12.2. The van der Waals surface area contributed by atoms with E-state index < -0.39 is 62.5 Å². The highest BCUT2D eigenvalue weighted by Gasteiger charge is 2.47. The lowest BCUT2D eigenvalue weighted by Crippen LogP contribution is -2.64. The summed E-state index contributed by atoms with van der Waals surface area (Å²) in [5.41, 5.74) is -1.44. The molecule has 4 fully saturated rings. The minimum Gasteiger partial charge on any atom is -0.347 e. The number of urea groups is 1. The van der Waals surface area contributed by atoms with Gasteiger partial charge in [0.2, 0.25) is 17.6 Å². The topological polar surface area (TPSA) is 171 Å². The van der Waals surface area contributed by atoms with Crippen molar-refractivity contribution in [2.75, 3.05) is 18.6 Å². The Labute approximate surface area is 274 Å². The zero-order valence-electron chi connectivity index (χ0n) is 28.0. The third-order valence-corrected chi connectivity index (χ3v) is 11.5. The SMILES string of the molecule is CCCC[C@H](NC(=O)[C@@H]1CCCN1C(=O)[C@@H](NC(=O)NC1(CS(C)(=O)=O)CCCCC1)C1(C)CCCCC1)C(=O)C(=O)NC1CC1. The molecule has 5 amide bonds. The van der Waals surface area contributed by atoms with Crippen molar-refractivity contribution in [2.24, 2.45) is 5.41 Å². The molecule has 0 radical (unpaired) electrons. The van der Waals surface area contributed by atoms with Crippen LogP contribution in [0.5, 0.6) is 0 Å². The van der Waals surface area contributed by atoms with Gasteiger partial charge in [-0.2, -0.15) is 0 Å². The van der Waals surface area contributed by atoms with Crippen molar-refractivity contribution in [1.82, 2.24) is 26.2 Å². The number of ketones is 1. The summed E-state index contributed by atoms with van der Waals surface area (Å²) in [6, 6.07) is -3.26. The maximum Gasteiger partial charge on any atom is 0.315 e. The van der Waals surface area contributed by atoms with Gasteiger partial charge >= 0.3 is 6.03 Å². The van der Waals surface area contributed by atoms with Crippen molar-refractivity contribution < 1.29 is 32.4 Å². The molecule has 0 bridgehead atoms. The summed E-state index contributed by atoms with van der Waals surface area (Å²) in [5, 5.41) is 11.5. The Bertz CT molecular complexity index is 1240. The highest BCUT2D eigenvalue weighted by atomic mass is 32.2. The third kappa shape index (κ3) is 9.67. The Balaban J connectivity index is 1.51. The van der Waals surface area contributed by atoms with Crippen LogP contribution in [-0.4, -0.2) is 91.1 Å². The molecule has 13 heteroatoms. The van der Waals surface area contributed by atoms with Gasteiger partial charge in [-0.3, -0.25) is 19.2 Å². The maximum absolute atomic E-state index is 14.4. The molecule has 0 aromatic carbocycles. The van der Waals surface area contributed by atoms with E-state index in [1.165, 1.54) is 11.2 Å². The van der Waals surface area contributed by atoms with Crippen LogP contribution in [0, 0.1) is 5.41 Å². The van der Waals surface area contributed by atoms with Gasteiger partial charge in [0.1, 0.15) is 21.9 Å². The summed E-state index contributed by atoms with van der Waals surface area (Å²) in [4.78, 5) is 68.9. The average Bonchev–Trinajstić information content (AvgIpc) is 3.67. The fraction of sp³-hybridized carbons (Fsp3) is 0.848. The molecule has 4 rings (SSSR count). The van der Waals surface area contributed by atoms with Crippen molar-refractivity contribution >= 4 is 39.4 Å². The van der Waals surface area contributed by atoms with Crippen LogP contribution in [0.15, 0.2) is 0 Å². The van der Waals surface area contributed by atoms with Crippen LogP contribution in [0.25, 0.3) is 0 Å². The number of Topliss-reactive ketones (excluding diaryl/α,β-unsaturated/α-hetero) is 1. The Hall–Kier alpha value is -2.70. The predicted octanol–water partition coefficient (Wildman–Crippen LogP) is 2.89. The van der Waals surface area contributed by atoms with E-state index in [1.807, 2.05) is 13.8 Å². The lowest BCUT2D eigenvalue weighted by molar-refractivity contribution is -0.144. The van der Waals surface area contributed by atoms with E-state index in [4.69, 9.17) is 0 Å². The van der Waals surface area contributed by atoms with Crippen LogP contribution in [0.4, 0.5) is 4.79 Å². The highest BCUT2D eigenvalue weighted by molar-refractivity contribution is 7.90. The molecule has 0 spiro atoms. The molecule has 3 aliphatic carbocycles. The number of nitrogens with zero attached hydrogens (tertiary/aromatic N) is 1. The van der Waals surface area contributed by atoms with Crippen molar-refractivity contribution in [2.45, 2.75) is 153 Å². The number of hydrogen-bond donors (Lipinski definition) is 4. The highest BCUT2D eigenvalue weighted by Crippen LogP contribution is 2.40. The van der Waals surface area contributed by atoms with E-state index in [0.717, 1.165) is 70.6 Å². The Morgan fingerprint density at radius 1 is 0.870 bits per heavy atom. The van der Waals surface area contributed by atoms with Gasteiger partial charge in [0.15, 0.2) is 0 Å². The molecular formula is C33H55N5O7S. The molecule has 1 heterocycles. The zero-order chi connectivity index (χ0) is 33.5. The Morgan fingerprint density at radius 3 is 2.09 bits per heavy atom. The summed E-state index contributed by atoms with van der Waals surface area (Å²) in [7, 11) is -3.38. The van der Waals surface area contributed by atoms with Crippen LogP contribution in [-0.2, 0) is 29.0 Å². The van der Waals surface area contributed by atoms with E-state index in [9.17, 15) is 32.4 Å². The molecule has 1 saturated heterocycles. The van der Waals surface area contributed by atoms with E-state index in [2.05, 4.69) is 21.3 Å². The van der Waals surface area contributed by atoms with Gasteiger partial charge in [-0.05, 0) is 63.2 Å². The lowest BCUT2D eigenvalue weighted by atomic mass is 9.70. The second kappa shape index (κ2) is 15.5. The van der Waals surface area contributed by atoms with Crippen LogP contribution in [0.2, 0.25) is 0 Å². The molecular weight excluding hydrogens is 610 g/mol. The number of likely N-dealkylation sites (tertiary alicyclic amines) is 1. The third-order valence-electron chi connectivity index (χ3n) is 10.4. The summed E-state index contributed by atoms with van der Waals surface area (Å²) in [6.07, 6.45) is 13.7. The number of carbonyl (C=O) groups excluding carboxylic acids is 5. The first-order valence-corrected chi connectivity index (χ1v) is 19.5. The fourth-order valence-electron chi connectivity index (χ4n) is 7.68. The monoisotopic (exact) mass is 665 g/mol. The molecule has 0 unspecified atom stereocenters. The molecule has 1 aliphatic heterocycles. The average molecular weight is 666 g/mol. The van der Waals surface area contributed by atoms with Crippen LogP contribution in [0.3, 0.4) is 0 Å². The predicted molar refractivity (Wildman–Crippen MR) is 175 cm³/mol. The van der Waals surface area contributed by atoms with Crippen molar-refractivity contribution in [3.8, 4) is 0 Å². The first-order chi connectivity index (χ1) is 21.8. The van der Waals surface area contributed by atoms with Gasteiger partial charge in [0.25, 0.3) is 5.91 Å². The normalized spacial score (nSPS) is 23.9. The number of sulfone groups is 1. The molecule has 3 atom stereocenters. The summed E-state index contributed by atoms with van der Waals surface area (Å²) < 4.78 is 24.7. The Morgan fingerprint density at radius 2 is 1.50 bits per heavy atom. The molecule has 4 aliphatic rings. The fourth-order valence-corrected chi connectivity index (χ4v) is 9.05. The molecule has 0 aromatic rings. The van der Waals surface area contributed by atoms with Gasteiger partial charge in [-0.15, -0.1) is 0 Å². The van der Waals surface area contributed by atoms with E-state index >= 15 is 0 Å². The van der Waals surface area contributed by atoms with Crippen molar-refractivity contribution in [1.29, 1.82) is 0 Å². The lowest BCUT2D eigenvalue weighted by Gasteiger charge is -2.43. The van der Waals surface area contributed by atoms with E-state index in [-0.39, 0.29) is 17.7 Å². The van der Waals surface area contributed by atoms with Crippen molar-refractivity contribution in [3.05, 3.63) is 0 Å². The number of hydrogen-bond acceptors (Lipinski definition) is 7. The molecule has 3 saturated carbocycles. The van der Waals surface area contributed by atoms with Crippen LogP contribution >= 0.6 is 0 Å². The molecule has 46 heavy (non-hydrogen) atoms. The first kappa shape index (κ1) is 36.1. The van der Waals surface area contributed by atoms with Crippen molar-refractivity contribution in [3.63, 3.8) is 0 Å². The van der Waals surface area contributed by atoms with Gasteiger partial charge < -0.3 is 26.2 Å². The molecule has 4 N–H and O–H groups in total. The minimum atomic E-state index is -3.38. The van der Waals surface area contributed by atoms with Gasteiger partial charge in [-0.1, -0.05) is 65.2 Å². The summed E-state index contributed by atoms with van der Waals surface area (Å²) in [5.74, 6) is -2.32. The zero-order valence-corrected chi connectivity index (χ0v) is 28.8. The van der Waals surface area contributed by atoms with Gasteiger partial charge in [0, 0.05) is 18.8 Å². The molecule has 0 aromatic heterocycles. The largest absolute Gasteiger partial charge is 0.347 e. The number of unbranched alkanes of at least 4 members (excludes halogenated alkanes) is 1.